The zero-order chi connectivity index (χ0) is 16.2. The van der Waals surface area contributed by atoms with Crippen molar-refractivity contribution in [3.8, 4) is 0 Å². The molecule has 2 aromatic rings. The third-order valence-corrected chi connectivity index (χ3v) is 2.66. The van der Waals surface area contributed by atoms with E-state index >= 15 is 0 Å². The molecule has 2 rings (SSSR count). The molecule has 1 aromatic carbocycles. The van der Waals surface area contributed by atoms with Gasteiger partial charge in [0.05, 0.1) is 24.6 Å². The highest BCUT2D eigenvalue weighted by Gasteiger charge is 2.30. The summed E-state index contributed by atoms with van der Waals surface area (Å²) in [5.74, 6) is 0.342. The molecule has 0 bridgehead atoms. The van der Waals surface area contributed by atoms with Gasteiger partial charge in [0, 0.05) is 5.69 Å². The number of halogens is 3. The molecular formula is C14H12F3N3O2. The van der Waals surface area contributed by atoms with Crippen LogP contribution in [0.1, 0.15) is 5.56 Å². The van der Waals surface area contributed by atoms with Crippen LogP contribution in [0, 0.1) is 0 Å². The van der Waals surface area contributed by atoms with Gasteiger partial charge in [-0.1, -0.05) is 6.07 Å². The third kappa shape index (κ3) is 4.11. The summed E-state index contributed by atoms with van der Waals surface area (Å²) >= 11 is 0. The lowest BCUT2D eigenvalue weighted by atomic mass is 10.2. The van der Waals surface area contributed by atoms with E-state index in [-0.39, 0.29) is 5.69 Å². The topological polar surface area (TPSA) is 63.2 Å². The van der Waals surface area contributed by atoms with Crippen LogP contribution in [0.25, 0.3) is 0 Å². The molecule has 8 heteroatoms. The van der Waals surface area contributed by atoms with E-state index in [1.54, 1.807) is 6.07 Å². The Morgan fingerprint density at radius 3 is 2.55 bits per heavy atom. The Morgan fingerprint density at radius 2 is 1.95 bits per heavy atom. The van der Waals surface area contributed by atoms with Crippen molar-refractivity contribution in [1.82, 2.24) is 4.98 Å². The van der Waals surface area contributed by atoms with E-state index in [2.05, 4.69) is 20.4 Å². The van der Waals surface area contributed by atoms with Gasteiger partial charge in [0.2, 0.25) is 0 Å². The Morgan fingerprint density at radius 1 is 1.18 bits per heavy atom. The van der Waals surface area contributed by atoms with Gasteiger partial charge in [-0.2, -0.15) is 13.2 Å². The first kappa shape index (κ1) is 15.6. The molecule has 116 valence electrons. The second-order valence-corrected chi connectivity index (χ2v) is 4.25. The lowest BCUT2D eigenvalue weighted by molar-refractivity contribution is -0.137. The van der Waals surface area contributed by atoms with Crippen LogP contribution in [0.3, 0.4) is 0 Å². The molecule has 0 aliphatic carbocycles. The zero-order valence-corrected chi connectivity index (χ0v) is 11.4. The summed E-state index contributed by atoms with van der Waals surface area (Å²) in [5, 5.41) is 5.17. The third-order valence-electron chi connectivity index (χ3n) is 2.66. The Kier molecular flexibility index (Phi) is 4.50. The number of hydrogen-bond acceptors (Lipinski definition) is 4. The summed E-state index contributed by atoms with van der Waals surface area (Å²) in [6, 6.07) is 7.84. The lowest BCUT2D eigenvalue weighted by Crippen LogP contribution is -2.11. The fourth-order valence-electron chi connectivity index (χ4n) is 1.63. The first-order chi connectivity index (χ1) is 10.4. The number of benzene rings is 1. The lowest BCUT2D eigenvalue weighted by Gasteiger charge is -2.10. The van der Waals surface area contributed by atoms with Gasteiger partial charge in [-0.25, -0.2) is 9.78 Å². The van der Waals surface area contributed by atoms with Gasteiger partial charge in [-0.15, -0.1) is 0 Å². The molecule has 0 radical (unpaired) electrons. The molecule has 1 aromatic heterocycles. The van der Waals surface area contributed by atoms with Crippen LogP contribution in [0.15, 0.2) is 42.6 Å². The second kappa shape index (κ2) is 6.33. The molecule has 0 spiro atoms. The van der Waals surface area contributed by atoms with Crippen molar-refractivity contribution in [1.29, 1.82) is 0 Å². The molecule has 1 amide bonds. The molecule has 0 saturated carbocycles. The number of alkyl halides is 3. The quantitative estimate of drug-likeness (QED) is 0.898. The summed E-state index contributed by atoms with van der Waals surface area (Å²) in [6.45, 7) is 0. The van der Waals surface area contributed by atoms with Gasteiger partial charge in [-0.05, 0) is 30.3 Å². The Bertz CT molecular complexity index is 657. The molecule has 5 nitrogen and oxygen atoms in total. The Balaban J connectivity index is 2.09. The van der Waals surface area contributed by atoms with E-state index in [1.165, 1.54) is 31.5 Å². The van der Waals surface area contributed by atoms with Gasteiger partial charge in [-0.3, -0.25) is 5.32 Å². The number of hydrogen-bond donors (Lipinski definition) is 2. The van der Waals surface area contributed by atoms with E-state index < -0.39 is 17.8 Å². The maximum Gasteiger partial charge on any atom is 0.416 e. The highest BCUT2D eigenvalue weighted by molar-refractivity contribution is 5.84. The van der Waals surface area contributed by atoms with Crippen molar-refractivity contribution in [2.24, 2.45) is 0 Å². The van der Waals surface area contributed by atoms with Crippen LogP contribution in [-0.4, -0.2) is 18.2 Å². The molecule has 0 aliphatic heterocycles. The number of pyridine rings is 1. The van der Waals surface area contributed by atoms with Gasteiger partial charge in [0.25, 0.3) is 0 Å². The number of carbonyl (C=O) groups is 1. The SMILES string of the molecule is COC(=O)Nc1ccc(Nc2cccc(C(F)(F)F)c2)nc1. The average molecular weight is 311 g/mol. The summed E-state index contributed by atoms with van der Waals surface area (Å²) < 4.78 is 42.3. The second-order valence-electron chi connectivity index (χ2n) is 4.25. The first-order valence-corrected chi connectivity index (χ1v) is 6.14. The molecule has 0 unspecified atom stereocenters. The predicted molar refractivity (Wildman–Crippen MR) is 75.0 cm³/mol. The summed E-state index contributed by atoms with van der Waals surface area (Å²) in [5.41, 5.74) is -0.0843. The number of ether oxygens (including phenoxy) is 1. The minimum Gasteiger partial charge on any atom is -0.453 e. The fourth-order valence-corrected chi connectivity index (χ4v) is 1.63. The number of nitrogens with zero attached hydrogens (tertiary/aromatic N) is 1. The molecule has 0 fully saturated rings. The van der Waals surface area contributed by atoms with Gasteiger partial charge in [0.1, 0.15) is 5.82 Å². The molecular weight excluding hydrogens is 299 g/mol. The molecule has 22 heavy (non-hydrogen) atoms. The summed E-state index contributed by atoms with van der Waals surface area (Å²) in [4.78, 5) is 15.0. The van der Waals surface area contributed by atoms with Crippen molar-refractivity contribution >= 4 is 23.3 Å². The van der Waals surface area contributed by atoms with Crippen LogP contribution < -0.4 is 10.6 Å². The highest BCUT2D eigenvalue weighted by atomic mass is 19.4. The predicted octanol–water partition coefficient (Wildman–Crippen LogP) is 4.02. The van der Waals surface area contributed by atoms with E-state index in [4.69, 9.17) is 0 Å². The molecule has 0 aliphatic rings. The summed E-state index contributed by atoms with van der Waals surface area (Å²) in [7, 11) is 1.23. The number of nitrogens with one attached hydrogen (secondary N) is 2. The van der Waals surface area contributed by atoms with Crippen LogP contribution in [0.2, 0.25) is 0 Å². The van der Waals surface area contributed by atoms with Crippen molar-refractivity contribution in [2.45, 2.75) is 6.18 Å². The van der Waals surface area contributed by atoms with E-state index in [1.807, 2.05) is 0 Å². The van der Waals surface area contributed by atoms with Crippen LogP contribution in [0.4, 0.5) is 35.2 Å². The Labute approximate surface area is 124 Å². The highest BCUT2D eigenvalue weighted by Crippen LogP contribution is 2.31. The monoisotopic (exact) mass is 311 g/mol. The Hall–Kier alpha value is -2.77. The minimum absolute atomic E-state index is 0.260. The smallest absolute Gasteiger partial charge is 0.416 e. The van der Waals surface area contributed by atoms with Crippen LogP contribution >= 0.6 is 0 Å². The van der Waals surface area contributed by atoms with Crippen molar-refractivity contribution in [3.05, 3.63) is 48.2 Å². The first-order valence-electron chi connectivity index (χ1n) is 6.14. The standard InChI is InChI=1S/C14H12F3N3O2/c1-22-13(21)20-11-5-6-12(18-8-11)19-10-4-2-3-9(7-10)14(15,16)17/h2-8H,1H3,(H,18,19)(H,20,21). The maximum absolute atomic E-state index is 12.6. The number of rotatable bonds is 3. The van der Waals surface area contributed by atoms with Gasteiger partial charge >= 0.3 is 12.3 Å². The van der Waals surface area contributed by atoms with E-state index in [0.717, 1.165) is 12.1 Å². The van der Waals surface area contributed by atoms with Crippen molar-refractivity contribution < 1.29 is 22.7 Å². The molecule has 0 atom stereocenters. The van der Waals surface area contributed by atoms with E-state index in [9.17, 15) is 18.0 Å². The van der Waals surface area contributed by atoms with Gasteiger partial charge in [0.15, 0.2) is 0 Å². The normalized spacial score (nSPS) is 10.9. The number of aromatic nitrogens is 1. The van der Waals surface area contributed by atoms with Crippen LogP contribution in [0.5, 0.6) is 0 Å². The zero-order valence-electron chi connectivity index (χ0n) is 11.4. The minimum atomic E-state index is -4.40. The van der Waals surface area contributed by atoms with Gasteiger partial charge < -0.3 is 10.1 Å². The fraction of sp³-hybridized carbons (Fsp3) is 0.143. The van der Waals surface area contributed by atoms with Crippen molar-refractivity contribution in [2.75, 3.05) is 17.7 Å². The maximum atomic E-state index is 12.6. The van der Waals surface area contributed by atoms with Crippen molar-refractivity contribution in [3.63, 3.8) is 0 Å². The number of carbonyl (C=O) groups excluding carboxylic acids is 1. The molecule has 0 saturated heterocycles. The van der Waals surface area contributed by atoms with E-state index in [0.29, 0.717) is 11.5 Å². The summed E-state index contributed by atoms with van der Waals surface area (Å²) in [6.07, 6.45) is -3.69. The largest absolute Gasteiger partial charge is 0.453 e. The number of amides is 1. The molecule has 2 N–H and O–H groups in total. The number of methoxy groups -OCH3 is 1. The number of anilines is 3. The molecule has 1 heterocycles. The average Bonchev–Trinajstić information content (AvgIpc) is 2.48. The van der Waals surface area contributed by atoms with Crippen LogP contribution in [-0.2, 0) is 10.9 Å².